The lowest BCUT2D eigenvalue weighted by molar-refractivity contribution is 0.102. The van der Waals surface area contributed by atoms with E-state index in [2.05, 4.69) is 5.32 Å². The van der Waals surface area contributed by atoms with Crippen LogP contribution in [0.1, 0.15) is 15.9 Å². The fourth-order valence-corrected chi connectivity index (χ4v) is 1.74. The van der Waals surface area contributed by atoms with Gasteiger partial charge in [0.1, 0.15) is 5.75 Å². The zero-order valence-electron chi connectivity index (χ0n) is 10.9. The van der Waals surface area contributed by atoms with Crippen molar-refractivity contribution in [3.05, 3.63) is 53.6 Å². The van der Waals surface area contributed by atoms with Gasteiger partial charge in [0.2, 0.25) is 0 Å². The highest BCUT2D eigenvalue weighted by Gasteiger charge is 2.09. The number of hydrogen-bond acceptors (Lipinski definition) is 3. The summed E-state index contributed by atoms with van der Waals surface area (Å²) < 4.78 is 5.09. The Morgan fingerprint density at radius 1 is 1.21 bits per heavy atom. The summed E-state index contributed by atoms with van der Waals surface area (Å²) >= 11 is 0. The summed E-state index contributed by atoms with van der Waals surface area (Å²) in [5.41, 5.74) is 8.56. The van der Waals surface area contributed by atoms with Gasteiger partial charge in [-0.1, -0.05) is 12.1 Å². The van der Waals surface area contributed by atoms with Crippen LogP contribution >= 0.6 is 0 Å². The molecular weight excluding hydrogens is 240 g/mol. The number of nitrogens with one attached hydrogen (secondary N) is 1. The summed E-state index contributed by atoms with van der Waals surface area (Å²) in [5.74, 6) is 0.432. The molecule has 4 heteroatoms. The van der Waals surface area contributed by atoms with Crippen molar-refractivity contribution in [1.82, 2.24) is 0 Å². The van der Waals surface area contributed by atoms with Crippen LogP contribution in [0.3, 0.4) is 0 Å². The van der Waals surface area contributed by atoms with Crippen LogP contribution in [0.4, 0.5) is 11.4 Å². The number of anilines is 2. The minimum absolute atomic E-state index is 0.212. The summed E-state index contributed by atoms with van der Waals surface area (Å²) in [6, 6.07) is 12.5. The second kappa shape index (κ2) is 5.44. The summed E-state index contributed by atoms with van der Waals surface area (Å²) in [7, 11) is 1.57. The Hall–Kier alpha value is -2.49. The van der Waals surface area contributed by atoms with Crippen LogP contribution in [0.5, 0.6) is 5.75 Å². The molecule has 0 radical (unpaired) electrons. The van der Waals surface area contributed by atoms with Crippen molar-refractivity contribution in [1.29, 1.82) is 0 Å². The molecule has 0 aliphatic rings. The Balaban J connectivity index is 2.22. The first-order valence-electron chi connectivity index (χ1n) is 5.91. The maximum atomic E-state index is 12.1. The lowest BCUT2D eigenvalue weighted by atomic mass is 10.1. The number of nitrogens with two attached hydrogens (primary N) is 1. The average Bonchev–Trinajstić information content (AvgIpc) is 2.43. The lowest BCUT2D eigenvalue weighted by Crippen LogP contribution is -2.13. The number of ether oxygens (including phenoxy) is 1. The van der Waals surface area contributed by atoms with Crippen molar-refractivity contribution in [2.24, 2.45) is 0 Å². The third-order valence-corrected chi connectivity index (χ3v) is 2.79. The SMILES string of the molecule is COc1cccc(C(=O)Nc2cc(C)ccc2N)c1. The molecule has 0 spiro atoms. The number of benzene rings is 2. The maximum absolute atomic E-state index is 12.1. The molecule has 0 atom stereocenters. The largest absolute Gasteiger partial charge is 0.497 e. The quantitative estimate of drug-likeness (QED) is 0.830. The molecule has 0 bridgehead atoms. The number of aryl methyl sites for hydroxylation is 1. The Labute approximate surface area is 112 Å². The van der Waals surface area contributed by atoms with E-state index < -0.39 is 0 Å². The molecule has 2 aromatic rings. The average molecular weight is 256 g/mol. The first-order chi connectivity index (χ1) is 9.10. The number of methoxy groups -OCH3 is 1. The van der Waals surface area contributed by atoms with E-state index in [9.17, 15) is 4.79 Å². The van der Waals surface area contributed by atoms with Crippen molar-refractivity contribution >= 4 is 17.3 Å². The van der Waals surface area contributed by atoms with E-state index in [1.165, 1.54) is 0 Å². The highest BCUT2D eigenvalue weighted by Crippen LogP contribution is 2.21. The normalized spacial score (nSPS) is 10.0. The number of rotatable bonds is 3. The Morgan fingerprint density at radius 2 is 2.00 bits per heavy atom. The second-order valence-corrected chi connectivity index (χ2v) is 4.28. The molecule has 2 aromatic carbocycles. The molecule has 98 valence electrons. The van der Waals surface area contributed by atoms with Gasteiger partial charge in [0.25, 0.3) is 5.91 Å². The van der Waals surface area contributed by atoms with E-state index in [1.807, 2.05) is 19.1 Å². The zero-order chi connectivity index (χ0) is 13.8. The molecule has 0 unspecified atom stereocenters. The predicted octanol–water partition coefficient (Wildman–Crippen LogP) is 2.84. The number of amides is 1. The molecule has 19 heavy (non-hydrogen) atoms. The number of carbonyl (C=O) groups excluding carboxylic acids is 1. The second-order valence-electron chi connectivity index (χ2n) is 4.28. The first kappa shape index (κ1) is 13.0. The lowest BCUT2D eigenvalue weighted by Gasteiger charge is -2.09. The summed E-state index contributed by atoms with van der Waals surface area (Å²) in [6.45, 7) is 1.95. The van der Waals surface area contributed by atoms with Gasteiger partial charge in [-0.05, 0) is 42.8 Å². The molecule has 0 heterocycles. The Morgan fingerprint density at radius 3 is 2.74 bits per heavy atom. The third-order valence-electron chi connectivity index (χ3n) is 2.79. The van der Waals surface area contributed by atoms with Crippen LogP contribution in [0.15, 0.2) is 42.5 Å². The minimum atomic E-state index is -0.212. The van der Waals surface area contributed by atoms with E-state index in [4.69, 9.17) is 10.5 Å². The van der Waals surface area contributed by atoms with Gasteiger partial charge < -0.3 is 15.8 Å². The van der Waals surface area contributed by atoms with Gasteiger partial charge in [-0.2, -0.15) is 0 Å². The smallest absolute Gasteiger partial charge is 0.255 e. The summed E-state index contributed by atoms with van der Waals surface area (Å²) in [4.78, 5) is 12.1. The molecule has 0 aromatic heterocycles. The number of carbonyl (C=O) groups is 1. The van der Waals surface area contributed by atoms with Gasteiger partial charge in [-0.3, -0.25) is 4.79 Å². The minimum Gasteiger partial charge on any atom is -0.497 e. The number of nitrogen functional groups attached to an aromatic ring is 1. The van der Waals surface area contributed by atoms with Crippen LogP contribution in [0.25, 0.3) is 0 Å². The van der Waals surface area contributed by atoms with Gasteiger partial charge in [0.05, 0.1) is 18.5 Å². The van der Waals surface area contributed by atoms with E-state index in [-0.39, 0.29) is 5.91 Å². The Kier molecular flexibility index (Phi) is 3.71. The topological polar surface area (TPSA) is 64.3 Å². The van der Waals surface area contributed by atoms with E-state index in [0.29, 0.717) is 22.7 Å². The molecule has 0 aliphatic heterocycles. The molecule has 2 rings (SSSR count). The van der Waals surface area contributed by atoms with Crippen molar-refractivity contribution < 1.29 is 9.53 Å². The van der Waals surface area contributed by atoms with Crippen molar-refractivity contribution in [3.63, 3.8) is 0 Å². The van der Waals surface area contributed by atoms with Gasteiger partial charge in [0.15, 0.2) is 0 Å². The monoisotopic (exact) mass is 256 g/mol. The van der Waals surface area contributed by atoms with Crippen LogP contribution < -0.4 is 15.8 Å². The molecular formula is C15H16N2O2. The third kappa shape index (κ3) is 3.04. The molecule has 0 saturated heterocycles. The fraction of sp³-hybridized carbons (Fsp3) is 0.133. The fourth-order valence-electron chi connectivity index (χ4n) is 1.74. The van der Waals surface area contributed by atoms with E-state index in [0.717, 1.165) is 5.56 Å². The summed E-state index contributed by atoms with van der Waals surface area (Å²) in [6.07, 6.45) is 0. The van der Waals surface area contributed by atoms with Crippen LogP contribution in [0.2, 0.25) is 0 Å². The van der Waals surface area contributed by atoms with Crippen LogP contribution in [0, 0.1) is 6.92 Å². The predicted molar refractivity (Wildman–Crippen MR) is 76.5 cm³/mol. The highest BCUT2D eigenvalue weighted by atomic mass is 16.5. The van der Waals surface area contributed by atoms with Gasteiger partial charge in [-0.25, -0.2) is 0 Å². The van der Waals surface area contributed by atoms with E-state index in [1.54, 1.807) is 37.4 Å². The molecule has 0 saturated carbocycles. The van der Waals surface area contributed by atoms with E-state index >= 15 is 0 Å². The molecule has 1 amide bonds. The Bertz CT molecular complexity index is 609. The van der Waals surface area contributed by atoms with Crippen LogP contribution in [-0.4, -0.2) is 13.0 Å². The first-order valence-corrected chi connectivity index (χ1v) is 5.91. The maximum Gasteiger partial charge on any atom is 0.255 e. The van der Waals surface area contributed by atoms with Gasteiger partial charge in [-0.15, -0.1) is 0 Å². The molecule has 0 aliphatic carbocycles. The highest BCUT2D eigenvalue weighted by molar-refractivity contribution is 6.06. The molecule has 4 nitrogen and oxygen atoms in total. The molecule has 3 N–H and O–H groups in total. The van der Waals surface area contributed by atoms with Gasteiger partial charge in [0, 0.05) is 5.56 Å². The van der Waals surface area contributed by atoms with Gasteiger partial charge >= 0.3 is 0 Å². The van der Waals surface area contributed by atoms with Crippen molar-refractivity contribution in [3.8, 4) is 5.75 Å². The molecule has 0 fully saturated rings. The van der Waals surface area contributed by atoms with Crippen molar-refractivity contribution in [2.75, 3.05) is 18.2 Å². The van der Waals surface area contributed by atoms with Crippen molar-refractivity contribution in [2.45, 2.75) is 6.92 Å². The summed E-state index contributed by atoms with van der Waals surface area (Å²) in [5, 5.41) is 2.80. The standard InChI is InChI=1S/C15H16N2O2/c1-10-6-7-13(16)14(8-10)17-15(18)11-4-3-5-12(9-11)19-2/h3-9H,16H2,1-2H3,(H,17,18). The van der Waals surface area contributed by atoms with Crippen LogP contribution in [-0.2, 0) is 0 Å². The number of hydrogen-bond donors (Lipinski definition) is 2. The zero-order valence-corrected chi connectivity index (χ0v) is 10.9.